The summed E-state index contributed by atoms with van der Waals surface area (Å²) in [5.41, 5.74) is 0. The molecule has 2 saturated carbocycles. The van der Waals surface area contributed by atoms with Crippen molar-refractivity contribution in [2.24, 2.45) is 17.8 Å². The number of hydrogen-bond donors (Lipinski definition) is 0. The van der Waals surface area contributed by atoms with Crippen LogP contribution in [0, 0.1) is 17.8 Å². The van der Waals surface area contributed by atoms with Gasteiger partial charge in [-0.15, -0.1) is 0 Å². The number of hydrogen-bond acceptors (Lipinski definition) is 4. The lowest BCUT2D eigenvalue weighted by molar-refractivity contribution is -0.336. The number of rotatable bonds is 2. The first-order chi connectivity index (χ1) is 7.91. The van der Waals surface area contributed by atoms with Gasteiger partial charge in [-0.1, -0.05) is 34.7 Å². The molecule has 3 rings (SSSR count). The van der Waals surface area contributed by atoms with Crippen molar-refractivity contribution in [3.8, 4) is 0 Å². The molecule has 0 aromatic rings. The fourth-order valence-electron chi connectivity index (χ4n) is 3.55. The van der Waals surface area contributed by atoms with Crippen LogP contribution >= 0.6 is 22.6 Å². The Morgan fingerprint density at radius 1 is 1.24 bits per heavy atom. The molecule has 4 atom stereocenters. The molecule has 0 saturated heterocycles. The van der Waals surface area contributed by atoms with Crippen LogP contribution < -0.4 is 0 Å². The second kappa shape index (κ2) is 3.24. The van der Waals surface area contributed by atoms with Crippen molar-refractivity contribution in [3.63, 3.8) is 0 Å². The molecule has 5 heteroatoms. The van der Waals surface area contributed by atoms with Gasteiger partial charge in [-0.2, -0.15) is 0 Å². The molecular weight excluding hydrogens is 335 g/mol. The minimum atomic E-state index is -1.04. The maximum Gasteiger partial charge on any atom is 0.305 e. The minimum absolute atomic E-state index is 0.00662. The van der Waals surface area contributed by atoms with Crippen molar-refractivity contribution < 1.29 is 19.1 Å². The van der Waals surface area contributed by atoms with E-state index in [0.29, 0.717) is 5.92 Å². The molecule has 0 heterocycles. The molecule has 0 N–H and O–H groups in total. The molecule has 0 aromatic heterocycles. The molecule has 0 amide bonds. The second-order valence-electron chi connectivity index (χ2n) is 4.99. The van der Waals surface area contributed by atoms with Crippen LogP contribution in [0.1, 0.15) is 20.3 Å². The predicted octanol–water partition coefficient (Wildman–Crippen LogP) is 1.82. The highest BCUT2D eigenvalue weighted by molar-refractivity contribution is 14.1. The number of alkyl halides is 1. The van der Waals surface area contributed by atoms with Gasteiger partial charge >= 0.3 is 11.9 Å². The van der Waals surface area contributed by atoms with Crippen LogP contribution in [0.4, 0.5) is 0 Å². The van der Waals surface area contributed by atoms with E-state index in [1.165, 1.54) is 13.8 Å². The van der Waals surface area contributed by atoms with Gasteiger partial charge in [0.2, 0.25) is 0 Å². The highest BCUT2D eigenvalue weighted by Gasteiger charge is 2.83. The molecule has 0 spiro atoms. The Hall–Kier alpha value is -0.590. The van der Waals surface area contributed by atoms with Crippen molar-refractivity contribution in [3.05, 3.63) is 12.2 Å². The zero-order valence-corrected chi connectivity index (χ0v) is 11.8. The number of carbonyl (C=O) groups is 2. The largest absolute Gasteiger partial charge is 0.422 e. The van der Waals surface area contributed by atoms with E-state index in [4.69, 9.17) is 9.47 Å². The Balaban J connectivity index is 1.94. The third-order valence-electron chi connectivity index (χ3n) is 4.13. The highest BCUT2D eigenvalue weighted by Crippen LogP contribution is 2.75. The summed E-state index contributed by atoms with van der Waals surface area (Å²) in [5, 5.41) is 0. The molecule has 3 aliphatic carbocycles. The van der Waals surface area contributed by atoms with Gasteiger partial charge < -0.3 is 9.47 Å². The average molecular weight is 348 g/mol. The van der Waals surface area contributed by atoms with Crippen LogP contribution in [0.15, 0.2) is 12.2 Å². The zero-order valence-electron chi connectivity index (χ0n) is 9.60. The Bertz CT molecular complexity index is 428. The topological polar surface area (TPSA) is 52.6 Å². The summed E-state index contributed by atoms with van der Waals surface area (Å²) in [6.45, 7) is 2.71. The molecule has 0 radical (unpaired) electrons. The van der Waals surface area contributed by atoms with E-state index in [2.05, 4.69) is 28.7 Å². The normalized spacial score (nSPS) is 43.1. The molecule has 0 aliphatic heterocycles. The Kier molecular flexibility index (Phi) is 2.19. The molecule has 4 nitrogen and oxygen atoms in total. The van der Waals surface area contributed by atoms with Crippen LogP contribution in [0.3, 0.4) is 0 Å². The summed E-state index contributed by atoms with van der Waals surface area (Å²) in [6, 6.07) is 0. The van der Waals surface area contributed by atoms with Crippen LogP contribution in [-0.4, -0.2) is 21.1 Å². The number of esters is 2. The van der Waals surface area contributed by atoms with Gasteiger partial charge in [-0.05, 0) is 12.3 Å². The van der Waals surface area contributed by atoms with E-state index in [0.717, 1.165) is 6.42 Å². The molecule has 2 fully saturated rings. The number of carbonyl (C=O) groups excluding carboxylic acids is 2. The predicted molar refractivity (Wildman–Crippen MR) is 67.2 cm³/mol. The quantitative estimate of drug-likeness (QED) is 0.251. The van der Waals surface area contributed by atoms with Gasteiger partial charge in [0.15, 0.2) is 0 Å². The van der Waals surface area contributed by atoms with Gasteiger partial charge in [-0.25, -0.2) is 0 Å². The third kappa shape index (κ3) is 1.18. The summed E-state index contributed by atoms with van der Waals surface area (Å²) in [5.74, 6) is -1.15. The van der Waals surface area contributed by atoms with Crippen molar-refractivity contribution in [2.45, 2.75) is 29.5 Å². The van der Waals surface area contributed by atoms with Gasteiger partial charge in [0, 0.05) is 13.8 Å². The standard InChI is InChI=1S/C12H13IO4/c1-6(14)16-12(17-7(2)15)9-4-3-8-5-10(12)11(8,9)13/h3-4,8-10H,5H2,1-2H3. The Morgan fingerprint density at radius 3 is 2.35 bits per heavy atom. The van der Waals surface area contributed by atoms with Crippen molar-refractivity contribution >= 4 is 34.5 Å². The number of halogens is 1. The maximum absolute atomic E-state index is 11.2. The highest BCUT2D eigenvalue weighted by atomic mass is 127. The van der Waals surface area contributed by atoms with E-state index in [1.54, 1.807) is 0 Å². The number of ether oxygens (including phenoxy) is 2. The first-order valence-electron chi connectivity index (χ1n) is 5.67. The fourth-order valence-corrected chi connectivity index (χ4v) is 5.35. The van der Waals surface area contributed by atoms with Gasteiger partial charge in [0.05, 0.1) is 15.3 Å². The van der Waals surface area contributed by atoms with Crippen molar-refractivity contribution in [1.82, 2.24) is 0 Å². The lowest BCUT2D eigenvalue weighted by atomic mass is 9.47. The average Bonchev–Trinajstić information content (AvgIpc) is 2.35. The van der Waals surface area contributed by atoms with Gasteiger partial charge in [0.1, 0.15) is 0 Å². The van der Waals surface area contributed by atoms with E-state index in [9.17, 15) is 9.59 Å². The summed E-state index contributed by atoms with van der Waals surface area (Å²) in [4.78, 5) is 22.5. The Morgan fingerprint density at radius 2 is 1.82 bits per heavy atom. The Labute approximate surface area is 113 Å². The van der Waals surface area contributed by atoms with Crippen LogP contribution in [-0.2, 0) is 19.1 Å². The van der Waals surface area contributed by atoms with Crippen LogP contribution in [0.5, 0.6) is 0 Å². The van der Waals surface area contributed by atoms with Crippen LogP contribution in [0.2, 0.25) is 0 Å². The van der Waals surface area contributed by atoms with E-state index >= 15 is 0 Å². The first kappa shape index (κ1) is 11.5. The molecule has 0 aromatic carbocycles. The SMILES string of the molecule is CC(=O)OC1(OC(C)=O)C2C=CC3CC1C32I. The fraction of sp³-hybridized carbons (Fsp3) is 0.667. The summed E-state index contributed by atoms with van der Waals surface area (Å²) >= 11 is 2.43. The molecule has 3 aliphatic rings. The monoisotopic (exact) mass is 348 g/mol. The lowest BCUT2D eigenvalue weighted by Gasteiger charge is -2.68. The second-order valence-corrected chi connectivity index (χ2v) is 6.86. The van der Waals surface area contributed by atoms with Gasteiger partial charge in [0.25, 0.3) is 5.79 Å². The summed E-state index contributed by atoms with van der Waals surface area (Å²) in [7, 11) is 0. The van der Waals surface area contributed by atoms with Crippen molar-refractivity contribution in [2.75, 3.05) is 0 Å². The van der Waals surface area contributed by atoms with E-state index in [-0.39, 0.29) is 15.3 Å². The zero-order chi connectivity index (χ0) is 12.4. The first-order valence-corrected chi connectivity index (χ1v) is 6.75. The smallest absolute Gasteiger partial charge is 0.305 e. The van der Waals surface area contributed by atoms with Crippen LogP contribution in [0.25, 0.3) is 0 Å². The van der Waals surface area contributed by atoms with E-state index < -0.39 is 17.7 Å². The maximum atomic E-state index is 11.2. The molecule has 0 bridgehead atoms. The minimum Gasteiger partial charge on any atom is -0.422 e. The molecular formula is C12H13IO4. The molecule has 4 unspecified atom stereocenters. The van der Waals surface area contributed by atoms with E-state index in [1.807, 2.05) is 6.08 Å². The molecule has 92 valence electrons. The third-order valence-corrected chi connectivity index (χ3v) is 6.35. The number of allylic oxidation sites excluding steroid dienone is 1. The summed E-state index contributed by atoms with van der Waals surface area (Å²) in [6.07, 6.45) is 5.12. The van der Waals surface area contributed by atoms with Gasteiger partial charge in [-0.3, -0.25) is 9.59 Å². The molecule has 17 heavy (non-hydrogen) atoms. The summed E-state index contributed by atoms with van der Waals surface area (Å²) < 4.78 is 10.9. The van der Waals surface area contributed by atoms with Crippen molar-refractivity contribution in [1.29, 1.82) is 0 Å². The lowest BCUT2D eigenvalue weighted by Crippen LogP contribution is -2.79.